The van der Waals surface area contributed by atoms with Crippen molar-refractivity contribution in [3.05, 3.63) is 95.6 Å². The highest BCUT2D eigenvalue weighted by molar-refractivity contribution is 6.10. The lowest BCUT2D eigenvalue weighted by Crippen LogP contribution is -2.38. The summed E-state index contributed by atoms with van der Waals surface area (Å²) < 4.78 is 0. The molecular weight excluding hydrogens is 310 g/mol. The lowest BCUT2D eigenvalue weighted by molar-refractivity contribution is -0.121. The molecule has 1 heterocycles. The van der Waals surface area contributed by atoms with Crippen LogP contribution < -0.4 is 4.90 Å². The van der Waals surface area contributed by atoms with E-state index >= 15 is 0 Å². The summed E-state index contributed by atoms with van der Waals surface area (Å²) in [7, 11) is 0. The smallest absolute Gasteiger partial charge is 0.242 e. The third kappa shape index (κ3) is 2.40. The molecule has 1 amide bonds. The largest absolute Gasteiger partial charge is 0.508 e. The van der Waals surface area contributed by atoms with E-state index in [-0.39, 0.29) is 11.7 Å². The van der Waals surface area contributed by atoms with Gasteiger partial charge in [0.1, 0.15) is 5.75 Å². The lowest BCUT2D eigenvalue weighted by atomic mass is 9.77. The first-order chi connectivity index (χ1) is 12.1. The number of para-hydroxylation sites is 1. The van der Waals surface area contributed by atoms with Gasteiger partial charge in [-0.05, 0) is 41.8 Å². The second-order valence-electron chi connectivity index (χ2n) is 6.57. The molecule has 4 rings (SSSR count). The molecule has 3 heteroatoms. The molecule has 1 aliphatic rings. The van der Waals surface area contributed by atoms with Gasteiger partial charge >= 0.3 is 0 Å². The van der Waals surface area contributed by atoms with Crippen LogP contribution in [0.25, 0.3) is 0 Å². The minimum Gasteiger partial charge on any atom is -0.508 e. The molecule has 0 saturated carbocycles. The normalized spacial score (nSPS) is 19.1. The molecule has 124 valence electrons. The molecule has 1 N–H and O–H groups in total. The predicted molar refractivity (Wildman–Crippen MR) is 98.6 cm³/mol. The van der Waals surface area contributed by atoms with Crippen LogP contribution in [-0.4, -0.2) is 11.0 Å². The van der Waals surface area contributed by atoms with E-state index in [1.807, 2.05) is 78.6 Å². The zero-order chi connectivity index (χ0) is 17.4. The molecule has 3 aromatic rings. The van der Waals surface area contributed by atoms with Gasteiger partial charge in [-0.25, -0.2) is 0 Å². The number of hydrogen-bond acceptors (Lipinski definition) is 2. The molecule has 1 atom stereocenters. The Kier molecular flexibility index (Phi) is 3.57. The highest BCUT2D eigenvalue weighted by Crippen LogP contribution is 2.46. The Morgan fingerprint density at radius 2 is 1.52 bits per heavy atom. The van der Waals surface area contributed by atoms with Gasteiger partial charge in [0.05, 0.1) is 12.0 Å². The van der Waals surface area contributed by atoms with Gasteiger partial charge in [-0.3, -0.25) is 4.79 Å². The third-order valence-corrected chi connectivity index (χ3v) is 5.03. The van der Waals surface area contributed by atoms with Crippen molar-refractivity contribution in [2.75, 3.05) is 4.90 Å². The fourth-order valence-corrected chi connectivity index (χ4v) is 3.62. The molecule has 1 aliphatic heterocycles. The van der Waals surface area contributed by atoms with Gasteiger partial charge in [0, 0.05) is 5.69 Å². The first-order valence-electron chi connectivity index (χ1n) is 8.35. The maximum absolute atomic E-state index is 13.4. The fraction of sp³-hybridized carbons (Fsp3) is 0.136. The van der Waals surface area contributed by atoms with Gasteiger partial charge in [0.15, 0.2) is 0 Å². The summed E-state index contributed by atoms with van der Waals surface area (Å²) in [5.41, 5.74) is 3.19. The van der Waals surface area contributed by atoms with Crippen LogP contribution in [0, 0.1) is 0 Å². The van der Waals surface area contributed by atoms with Crippen LogP contribution in [0.2, 0.25) is 0 Å². The van der Waals surface area contributed by atoms with E-state index in [4.69, 9.17) is 0 Å². The summed E-state index contributed by atoms with van der Waals surface area (Å²) in [4.78, 5) is 15.3. The Labute approximate surface area is 147 Å². The first-order valence-corrected chi connectivity index (χ1v) is 8.35. The monoisotopic (exact) mass is 329 g/mol. The van der Waals surface area contributed by atoms with Crippen LogP contribution in [0.1, 0.15) is 23.6 Å². The SMILES string of the molecule is CC1(c2ccc(O)cc2)C(=O)N(Cc2ccccc2)c2ccccc21. The van der Waals surface area contributed by atoms with E-state index in [9.17, 15) is 9.90 Å². The average Bonchev–Trinajstić information content (AvgIpc) is 2.86. The molecule has 0 spiro atoms. The molecule has 0 radical (unpaired) electrons. The Morgan fingerprint density at radius 3 is 2.24 bits per heavy atom. The summed E-state index contributed by atoms with van der Waals surface area (Å²) in [6, 6.07) is 24.9. The standard InChI is InChI=1S/C22H19NO2/c1-22(17-11-13-18(24)14-12-17)19-9-5-6-10-20(19)23(21(22)25)15-16-7-3-2-4-8-16/h2-14,24H,15H2,1H3. The summed E-state index contributed by atoms with van der Waals surface area (Å²) in [5, 5.41) is 9.60. The number of carbonyl (C=O) groups excluding carboxylic acids is 1. The molecule has 0 fully saturated rings. The highest BCUT2D eigenvalue weighted by Gasteiger charge is 2.48. The van der Waals surface area contributed by atoms with Gasteiger partial charge in [0.2, 0.25) is 5.91 Å². The average molecular weight is 329 g/mol. The molecule has 0 aliphatic carbocycles. The van der Waals surface area contributed by atoms with E-state index in [2.05, 4.69) is 0 Å². The number of nitrogens with zero attached hydrogens (tertiary/aromatic N) is 1. The first kappa shape index (κ1) is 15.5. The number of benzene rings is 3. The van der Waals surface area contributed by atoms with Gasteiger partial charge in [-0.1, -0.05) is 60.7 Å². The predicted octanol–water partition coefficient (Wildman–Crippen LogP) is 4.25. The quantitative estimate of drug-likeness (QED) is 0.780. The Hall–Kier alpha value is -3.07. The number of rotatable bonds is 3. The number of phenols is 1. The molecule has 1 unspecified atom stereocenters. The van der Waals surface area contributed by atoms with Crippen molar-refractivity contribution in [3.63, 3.8) is 0 Å². The van der Waals surface area contributed by atoms with Crippen LogP contribution in [0.3, 0.4) is 0 Å². The Morgan fingerprint density at radius 1 is 0.880 bits per heavy atom. The molecular formula is C22H19NO2. The number of phenolic OH excluding ortho intramolecular Hbond substituents is 1. The van der Waals surface area contributed by atoms with Crippen LogP contribution in [0.4, 0.5) is 5.69 Å². The summed E-state index contributed by atoms with van der Waals surface area (Å²) in [6.45, 7) is 2.51. The Bertz CT molecular complexity index is 918. The summed E-state index contributed by atoms with van der Waals surface area (Å²) >= 11 is 0. The zero-order valence-electron chi connectivity index (χ0n) is 14.0. The van der Waals surface area contributed by atoms with Crippen molar-refractivity contribution in [3.8, 4) is 5.75 Å². The maximum Gasteiger partial charge on any atom is 0.242 e. The minimum atomic E-state index is -0.751. The van der Waals surface area contributed by atoms with Crippen molar-refractivity contribution in [1.29, 1.82) is 0 Å². The van der Waals surface area contributed by atoms with Gasteiger partial charge < -0.3 is 10.0 Å². The second-order valence-corrected chi connectivity index (χ2v) is 6.57. The topological polar surface area (TPSA) is 40.5 Å². The minimum absolute atomic E-state index is 0.0586. The molecule has 3 nitrogen and oxygen atoms in total. The number of fused-ring (bicyclic) bond motifs is 1. The maximum atomic E-state index is 13.4. The van der Waals surface area contributed by atoms with Crippen molar-refractivity contribution in [1.82, 2.24) is 0 Å². The lowest BCUT2D eigenvalue weighted by Gasteiger charge is -2.25. The van der Waals surface area contributed by atoms with Crippen molar-refractivity contribution >= 4 is 11.6 Å². The molecule has 0 saturated heterocycles. The van der Waals surface area contributed by atoms with Gasteiger partial charge in [0.25, 0.3) is 0 Å². The van der Waals surface area contributed by atoms with Crippen LogP contribution in [0.15, 0.2) is 78.9 Å². The van der Waals surface area contributed by atoms with Crippen molar-refractivity contribution in [2.24, 2.45) is 0 Å². The number of hydrogen-bond donors (Lipinski definition) is 1. The number of carbonyl (C=O) groups is 1. The van der Waals surface area contributed by atoms with Gasteiger partial charge in [-0.2, -0.15) is 0 Å². The number of aromatic hydroxyl groups is 1. The zero-order valence-corrected chi connectivity index (χ0v) is 14.0. The van der Waals surface area contributed by atoms with E-state index < -0.39 is 5.41 Å². The molecule has 3 aromatic carbocycles. The summed E-state index contributed by atoms with van der Waals surface area (Å²) in [5.74, 6) is 0.260. The Balaban J connectivity index is 1.82. The van der Waals surface area contributed by atoms with E-state index in [0.29, 0.717) is 6.54 Å². The molecule has 0 aromatic heterocycles. The van der Waals surface area contributed by atoms with Crippen molar-refractivity contribution in [2.45, 2.75) is 18.9 Å². The molecule has 25 heavy (non-hydrogen) atoms. The number of anilines is 1. The van der Waals surface area contributed by atoms with Gasteiger partial charge in [-0.15, -0.1) is 0 Å². The fourth-order valence-electron chi connectivity index (χ4n) is 3.62. The number of amides is 1. The second kappa shape index (κ2) is 5.78. The van der Waals surface area contributed by atoms with E-state index in [0.717, 1.165) is 22.4 Å². The summed E-state index contributed by atoms with van der Waals surface area (Å²) in [6.07, 6.45) is 0. The highest BCUT2D eigenvalue weighted by atomic mass is 16.3. The van der Waals surface area contributed by atoms with E-state index in [1.165, 1.54) is 0 Å². The van der Waals surface area contributed by atoms with Crippen molar-refractivity contribution < 1.29 is 9.90 Å². The van der Waals surface area contributed by atoms with E-state index in [1.54, 1.807) is 12.1 Å². The van der Waals surface area contributed by atoms with Crippen LogP contribution in [-0.2, 0) is 16.8 Å². The van der Waals surface area contributed by atoms with Crippen LogP contribution in [0.5, 0.6) is 5.75 Å². The van der Waals surface area contributed by atoms with Crippen LogP contribution >= 0.6 is 0 Å². The molecule has 0 bridgehead atoms. The third-order valence-electron chi connectivity index (χ3n) is 5.03.